The molecule has 2 aliphatic heterocycles. The van der Waals surface area contributed by atoms with Crippen molar-refractivity contribution in [3.05, 3.63) is 23.0 Å². The lowest BCUT2D eigenvalue weighted by atomic mass is 10.0. The first-order valence-corrected chi connectivity index (χ1v) is 12.6. The average Bonchev–Trinajstić information content (AvgIpc) is 3.63. The van der Waals surface area contributed by atoms with E-state index in [1.165, 1.54) is 0 Å². The molecule has 4 aliphatic rings. The van der Waals surface area contributed by atoms with E-state index in [2.05, 4.69) is 20.4 Å². The van der Waals surface area contributed by atoms with Gasteiger partial charge in [0.2, 0.25) is 17.8 Å². The zero-order chi connectivity index (χ0) is 23.3. The van der Waals surface area contributed by atoms with Crippen LogP contribution in [0.1, 0.15) is 74.2 Å². The minimum Gasteiger partial charge on any atom is -0.341 e. The number of nitrogens with zero attached hydrogens (tertiary/aromatic N) is 5. The van der Waals surface area contributed by atoms with E-state index in [0.29, 0.717) is 24.0 Å². The Morgan fingerprint density at radius 3 is 2.74 bits per heavy atom. The summed E-state index contributed by atoms with van der Waals surface area (Å²) in [4.78, 5) is 27.0. The molecule has 0 unspecified atom stereocenters. The van der Waals surface area contributed by atoms with Crippen LogP contribution in [0.3, 0.4) is 0 Å². The fraction of sp³-hybridized carbons (Fsp3) is 0.667. The van der Waals surface area contributed by atoms with Crippen molar-refractivity contribution >= 4 is 23.5 Å². The van der Waals surface area contributed by atoms with Crippen LogP contribution in [0.15, 0.2) is 6.07 Å². The predicted octanol–water partition coefficient (Wildman–Crippen LogP) is 3.93. The Morgan fingerprint density at radius 1 is 1.09 bits per heavy atom. The van der Waals surface area contributed by atoms with E-state index in [-0.39, 0.29) is 30.7 Å². The van der Waals surface area contributed by atoms with Gasteiger partial charge in [-0.25, -0.2) is 13.8 Å². The Kier molecular flexibility index (Phi) is 5.41. The first-order valence-electron chi connectivity index (χ1n) is 12.6. The summed E-state index contributed by atoms with van der Waals surface area (Å²) in [5.74, 6) is -0.707. The first-order chi connectivity index (χ1) is 16.5. The number of amides is 1. The number of aromatic amines is 1. The molecule has 2 aliphatic carbocycles. The first kappa shape index (κ1) is 21.7. The second-order valence-electron chi connectivity index (χ2n) is 10.2. The number of hydrogen-bond donors (Lipinski definition) is 2. The summed E-state index contributed by atoms with van der Waals surface area (Å²) in [6.45, 7) is 2.45. The molecule has 182 valence electrons. The van der Waals surface area contributed by atoms with Gasteiger partial charge in [-0.1, -0.05) is 0 Å². The predicted molar refractivity (Wildman–Crippen MR) is 124 cm³/mol. The Labute approximate surface area is 197 Å². The summed E-state index contributed by atoms with van der Waals surface area (Å²) < 4.78 is 27.3. The zero-order valence-corrected chi connectivity index (χ0v) is 19.3. The summed E-state index contributed by atoms with van der Waals surface area (Å²) in [5.41, 5.74) is 2.85. The molecular formula is C24H31F2N7O. The average molecular weight is 472 g/mol. The standard InChI is InChI=1S/C24H31F2N7O/c25-24(26)9-8-15(14-24)18-13-20(31-30-18)28-21-16-5-3-6-17(16)27-23(29-21)33-12-4-7-19(33)22(34)32-10-1-2-11-32/h13,15,19H,1-12,14H2,(H2,27,28,29,30,31)/t15-,19-/m1/s1. The van der Waals surface area contributed by atoms with Crippen molar-refractivity contribution < 1.29 is 13.6 Å². The highest BCUT2D eigenvalue weighted by Gasteiger charge is 2.41. The number of carbonyl (C=O) groups is 1. The smallest absolute Gasteiger partial charge is 0.248 e. The molecule has 0 aromatic carbocycles. The summed E-state index contributed by atoms with van der Waals surface area (Å²) >= 11 is 0. The van der Waals surface area contributed by atoms with E-state index in [0.717, 1.165) is 81.5 Å². The maximum atomic E-state index is 13.7. The summed E-state index contributed by atoms with van der Waals surface area (Å²) in [6.07, 6.45) is 6.97. The number of alkyl halides is 2. The van der Waals surface area contributed by atoms with Crippen molar-refractivity contribution in [2.45, 2.75) is 82.1 Å². The van der Waals surface area contributed by atoms with E-state index in [1.54, 1.807) is 0 Å². The minimum atomic E-state index is -2.59. The lowest BCUT2D eigenvalue weighted by molar-refractivity contribution is -0.131. The molecule has 8 nitrogen and oxygen atoms in total. The van der Waals surface area contributed by atoms with Crippen molar-refractivity contribution in [2.75, 3.05) is 29.9 Å². The van der Waals surface area contributed by atoms with Crippen LogP contribution in [0.4, 0.5) is 26.4 Å². The van der Waals surface area contributed by atoms with Gasteiger partial charge in [-0.3, -0.25) is 9.89 Å². The van der Waals surface area contributed by atoms with E-state index in [1.807, 2.05) is 11.0 Å². The molecule has 10 heteroatoms. The molecule has 1 saturated carbocycles. The summed E-state index contributed by atoms with van der Waals surface area (Å²) in [6, 6.07) is 1.62. The monoisotopic (exact) mass is 471 g/mol. The van der Waals surface area contributed by atoms with Gasteiger partial charge in [0, 0.05) is 55.7 Å². The van der Waals surface area contributed by atoms with Gasteiger partial charge < -0.3 is 15.1 Å². The molecule has 0 spiro atoms. The van der Waals surface area contributed by atoms with Crippen LogP contribution >= 0.6 is 0 Å². The SMILES string of the molecule is O=C([C@H]1CCCN1c1nc2c(c(Nc3cc([C@@H]4CCC(F)(F)C4)[nH]n3)n1)CCC2)N1CCCC1. The fourth-order valence-electron chi connectivity index (χ4n) is 6.01. The van der Waals surface area contributed by atoms with Crippen LogP contribution in [0.2, 0.25) is 0 Å². The van der Waals surface area contributed by atoms with E-state index in [9.17, 15) is 13.6 Å². The van der Waals surface area contributed by atoms with Crippen LogP contribution in [-0.2, 0) is 17.6 Å². The Hall–Kier alpha value is -2.78. The molecule has 2 atom stereocenters. The summed E-state index contributed by atoms with van der Waals surface area (Å²) in [5, 5.41) is 10.6. The molecule has 4 heterocycles. The Balaban J connectivity index is 1.25. The lowest BCUT2D eigenvalue weighted by Gasteiger charge is -2.28. The number of rotatable bonds is 5. The van der Waals surface area contributed by atoms with E-state index < -0.39 is 5.92 Å². The number of halogens is 2. The number of H-pyrrole nitrogens is 1. The molecule has 1 amide bonds. The van der Waals surface area contributed by atoms with Crippen LogP contribution in [0, 0.1) is 0 Å². The molecule has 3 fully saturated rings. The highest BCUT2D eigenvalue weighted by atomic mass is 19.3. The third-order valence-corrected chi connectivity index (χ3v) is 7.82. The number of aryl methyl sites for hydroxylation is 1. The third-order valence-electron chi connectivity index (χ3n) is 7.82. The van der Waals surface area contributed by atoms with Gasteiger partial charge in [-0.15, -0.1) is 0 Å². The molecule has 2 N–H and O–H groups in total. The van der Waals surface area contributed by atoms with Crippen molar-refractivity contribution in [1.82, 2.24) is 25.1 Å². The number of fused-ring (bicyclic) bond motifs is 1. The van der Waals surface area contributed by atoms with Gasteiger partial charge in [-0.05, 0) is 51.4 Å². The number of anilines is 3. The maximum Gasteiger partial charge on any atom is 0.248 e. The van der Waals surface area contributed by atoms with Crippen molar-refractivity contribution in [1.29, 1.82) is 0 Å². The third kappa shape index (κ3) is 4.01. The second kappa shape index (κ2) is 8.46. The zero-order valence-electron chi connectivity index (χ0n) is 19.3. The number of likely N-dealkylation sites (tertiary alicyclic amines) is 1. The molecule has 0 bridgehead atoms. The van der Waals surface area contributed by atoms with E-state index >= 15 is 0 Å². The molecular weight excluding hydrogens is 440 g/mol. The second-order valence-corrected chi connectivity index (χ2v) is 10.2. The molecule has 6 rings (SSSR count). The highest BCUT2D eigenvalue weighted by molar-refractivity contribution is 5.85. The van der Waals surface area contributed by atoms with Gasteiger partial charge >= 0.3 is 0 Å². The maximum absolute atomic E-state index is 13.7. The number of aromatic nitrogens is 4. The van der Waals surface area contributed by atoms with Crippen LogP contribution in [0.5, 0.6) is 0 Å². The molecule has 2 aromatic heterocycles. The quantitative estimate of drug-likeness (QED) is 0.687. The van der Waals surface area contributed by atoms with Crippen molar-refractivity contribution in [3.63, 3.8) is 0 Å². The molecule has 2 saturated heterocycles. The van der Waals surface area contributed by atoms with Gasteiger partial charge in [-0.2, -0.15) is 10.1 Å². The molecule has 0 radical (unpaired) electrons. The number of hydrogen-bond acceptors (Lipinski definition) is 6. The number of carbonyl (C=O) groups excluding carboxylic acids is 1. The van der Waals surface area contributed by atoms with E-state index in [4.69, 9.17) is 9.97 Å². The highest BCUT2D eigenvalue weighted by Crippen LogP contribution is 2.44. The van der Waals surface area contributed by atoms with Gasteiger partial charge in [0.1, 0.15) is 11.9 Å². The van der Waals surface area contributed by atoms with Crippen LogP contribution in [-0.4, -0.2) is 62.6 Å². The van der Waals surface area contributed by atoms with Gasteiger partial charge in [0.25, 0.3) is 0 Å². The van der Waals surface area contributed by atoms with Crippen molar-refractivity contribution in [2.24, 2.45) is 0 Å². The normalized spacial score (nSPS) is 25.8. The van der Waals surface area contributed by atoms with Crippen molar-refractivity contribution in [3.8, 4) is 0 Å². The number of nitrogens with one attached hydrogen (secondary N) is 2. The van der Waals surface area contributed by atoms with Crippen LogP contribution in [0.25, 0.3) is 0 Å². The summed E-state index contributed by atoms with van der Waals surface area (Å²) in [7, 11) is 0. The van der Waals surface area contributed by atoms with Gasteiger partial charge in [0.15, 0.2) is 5.82 Å². The molecule has 34 heavy (non-hydrogen) atoms. The minimum absolute atomic E-state index is 0.0740. The fourth-order valence-corrected chi connectivity index (χ4v) is 6.01. The lowest BCUT2D eigenvalue weighted by Crippen LogP contribution is -2.45. The topological polar surface area (TPSA) is 90.0 Å². The Morgan fingerprint density at radius 2 is 1.94 bits per heavy atom. The van der Waals surface area contributed by atoms with Gasteiger partial charge in [0.05, 0.1) is 5.69 Å². The Bertz CT molecular complexity index is 1080. The van der Waals surface area contributed by atoms with Crippen LogP contribution < -0.4 is 10.2 Å². The molecule has 2 aromatic rings. The largest absolute Gasteiger partial charge is 0.341 e.